The average molecular weight is 478 g/mol. The second-order valence-electron chi connectivity index (χ2n) is 6.31. The molecule has 1 aliphatic rings. The number of hydrogen-bond donors (Lipinski definition) is 3. The van der Waals surface area contributed by atoms with E-state index in [4.69, 9.17) is 0 Å². The first-order valence-electron chi connectivity index (χ1n) is 9.06. The smallest absolute Gasteiger partial charge is 0.261 e. The fourth-order valence-corrected chi connectivity index (χ4v) is 3.75. The molecule has 1 heterocycles. The molecule has 7 heteroatoms. The Balaban J connectivity index is 0.00000312. The summed E-state index contributed by atoms with van der Waals surface area (Å²) in [5.74, 6) is 1.82. The maximum atomic E-state index is 11.8. The molecule has 3 N–H and O–H groups in total. The fourth-order valence-electron chi connectivity index (χ4n) is 3.11. The van der Waals surface area contributed by atoms with Crippen LogP contribution >= 0.6 is 35.3 Å². The molecule has 5 nitrogen and oxygen atoms in total. The van der Waals surface area contributed by atoms with Crippen molar-refractivity contribution in [1.29, 1.82) is 0 Å². The van der Waals surface area contributed by atoms with Crippen LogP contribution < -0.4 is 16.0 Å². The Labute approximate surface area is 172 Å². The lowest BCUT2D eigenvalue weighted by molar-refractivity contribution is 0.0957. The molecule has 0 unspecified atom stereocenters. The lowest BCUT2D eigenvalue weighted by Gasteiger charge is -2.13. The van der Waals surface area contributed by atoms with E-state index in [0.29, 0.717) is 6.54 Å². The second-order valence-corrected chi connectivity index (χ2v) is 7.25. The maximum Gasteiger partial charge on any atom is 0.261 e. The van der Waals surface area contributed by atoms with Gasteiger partial charge in [-0.3, -0.25) is 9.79 Å². The molecular formula is C18H31IN4OS. The maximum absolute atomic E-state index is 11.8. The first kappa shape index (κ1) is 22.2. The minimum absolute atomic E-state index is 0. The number of nitrogens with one attached hydrogen (secondary N) is 3. The molecular weight excluding hydrogens is 447 g/mol. The molecule has 0 radical (unpaired) electrons. The van der Waals surface area contributed by atoms with Gasteiger partial charge in [-0.05, 0) is 36.6 Å². The number of thiophene rings is 1. The highest BCUT2D eigenvalue weighted by Gasteiger charge is 2.13. The molecule has 2 rings (SSSR count). The molecule has 0 saturated heterocycles. The van der Waals surface area contributed by atoms with Crippen LogP contribution in [0.1, 0.15) is 54.6 Å². The molecule has 1 saturated carbocycles. The van der Waals surface area contributed by atoms with Crippen LogP contribution in [0.5, 0.6) is 0 Å². The highest BCUT2D eigenvalue weighted by molar-refractivity contribution is 14.0. The summed E-state index contributed by atoms with van der Waals surface area (Å²) in [4.78, 5) is 16.8. The predicted octanol–water partition coefficient (Wildman–Crippen LogP) is 3.62. The minimum Gasteiger partial charge on any atom is -0.356 e. The highest BCUT2D eigenvalue weighted by atomic mass is 127. The number of nitrogens with zero attached hydrogens (tertiary/aromatic N) is 1. The summed E-state index contributed by atoms with van der Waals surface area (Å²) in [6, 6.07) is 3.74. The highest BCUT2D eigenvalue weighted by Crippen LogP contribution is 2.28. The molecule has 1 aromatic rings. The zero-order valence-corrected chi connectivity index (χ0v) is 18.2. The summed E-state index contributed by atoms with van der Waals surface area (Å²) in [5, 5.41) is 11.5. The number of guanidine groups is 1. The van der Waals surface area contributed by atoms with E-state index in [1.165, 1.54) is 49.9 Å². The van der Waals surface area contributed by atoms with Crippen LogP contribution in [0.2, 0.25) is 0 Å². The van der Waals surface area contributed by atoms with Gasteiger partial charge in [0.15, 0.2) is 5.96 Å². The van der Waals surface area contributed by atoms with E-state index in [0.717, 1.165) is 36.3 Å². The minimum atomic E-state index is 0. The molecule has 0 bridgehead atoms. The van der Waals surface area contributed by atoms with Crippen LogP contribution in [-0.2, 0) is 0 Å². The van der Waals surface area contributed by atoms with Gasteiger partial charge >= 0.3 is 0 Å². The number of carbonyl (C=O) groups excluding carboxylic acids is 1. The number of aliphatic imine (C=N–C) groups is 1. The Morgan fingerprint density at radius 1 is 1.16 bits per heavy atom. The Morgan fingerprint density at radius 3 is 2.48 bits per heavy atom. The van der Waals surface area contributed by atoms with Crippen LogP contribution in [0.15, 0.2) is 22.5 Å². The van der Waals surface area contributed by atoms with Gasteiger partial charge in [-0.25, -0.2) is 0 Å². The monoisotopic (exact) mass is 478 g/mol. The molecule has 0 aliphatic heterocycles. The standard InChI is InChI=1S/C18H30N4OS.HI/c1-19-18(21-11-4-9-15-7-2-3-8-15)22-13-6-12-20-17(23)16-10-5-14-24-16;/h5,10,14-15H,2-4,6-9,11-13H2,1H3,(H,20,23)(H2,19,21,22);1H. The first-order chi connectivity index (χ1) is 11.8. The van der Waals surface area contributed by atoms with E-state index in [9.17, 15) is 4.79 Å². The zero-order chi connectivity index (χ0) is 17.0. The quantitative estimate of drug-likeness (QED) is 0.220. The van der Waals surface area contributed by atoms with E-state index in [-0.39, 0.29) is 29.9 Å². The average Bonchev–Trinajstić information content (AvgIpc) is 3.29. The molecule has 1 fully saturated rings. The summed E-state index contributed by atoms with van der Waals surface area (Å²) in [7, 11) is 1.80. The molecule has 25 heavy (non-hydrogen) atoms. The topological polar surface area (TPSA) is 65.5 Å². The van der Waals surface area contributed by atoms with E-state index < -0.39 is 0 Å². The Kier molecular flexibility index (Phi) is 11.9. The summed E-state index contributed by atoms with van der Waals surface area (Å²) >= 11 is 1.47. The molecule has 0 aromatic carbocycles. The van der Waals surface area contributed by atoms with Gasteiger partial charge in [0.2, 0.25) is 0 Å². The van der Waals surface area contributed by atoms with E-state index in [1.54, 1.807) is 7.05 Å². The van der Waals surface area contributed by atoms with Gasteiger partial charge < -0.3 is 16.0 Å². The molecule has 0 atom stereocenters. The summed E-state index contributed by atoms with van der Waals surface area (Å²) in [6.07, 6.45) is 9.10. The first-order valence-corrected chi connectivity index (χ1v) is 9.94. The van der Waals surface area contributed by atoms with E-state index >= 15 is 0 Å². The van der Waals surface area contributed by atoms with Gasteiger partial charge in [-0.1, -0.05) is 31.7 Å². The van der Waals surface area contributed by atoms with Crippen LogP contribution in [-0.4, -0.2) is 38.5 Å². The van der Waals surface area contributed by atoms with Crippen molar-refractivity contribution in [2.45, 2.75) is 44.9 Å². The zero-order valence-electron chi connectivity index (χ0n) is 15.1. The van der Waals surface area contributed by atoms with Gasteiger partial charge in [0.05, 0.1) is 4.88 Å². The van der Waals surface area contributed by atoms with Gasteiger partial charge in [0.1, 0.15) is 0 Å². The largest absolute Gasteiger partial charge is 0.356 e. The lowest BCUT2D eigenvalue weighted by atomic mass is 10.0. The van der Waals surface area contributed by atoms with Crippen molar-refractivity contribution in [2.75, 3.05) is 26.7 Å². The third-order valence-electron chi connectivity index (χ3n) is 4.46. The van der Waals surface area contributed by atoms with Crippen molar-refractivity contribution >= 4 is 47.2 Å². The summed E-state index contributed by atoms with van der Waals surface area (Å²) in [6.45, 7) is 2.45. The lowest BCUT2D eigenvalue weighted by Crippen LogP contribution is -2.39. The third-order valence-corrected chi connectivity index (χ3v) is 5.33. The molecule has 142 valence electrons. The Bertz CT molecular complexity index is 501. The SMILES string of the molecule is CN=C(NCCCNC(=O)c1cccs1)NCCCC1CCCC1.I. The predicted molar refractivity (Wildman–Crippen MR) is 117 cm³/mol. The Morgan fingerprint density at radius 2 is 1.84 bits per heavy atom. The van der Waals surface area contributed by atoms with Crippen molar-refractivity contribution in [3.63, 3.8) is 0 Å². The van der Waals surface area contributed by atoms with E-state index in [2.05, 4.69) is 20.9 Å². The van der Waals surface area contributed by atoms with Crippen molar-refractivity contribution < 1.29 is 4.79 Å². The second kappa shape index (κ2) is 13.4. The molecule has 1 aromatic heterocycles. The van der Waals surface area contributed by atoms with Crippen molar-refractivity contribution in [3.8, 4) is 0 Å². The number of amides is 1. The molecule has 1 aliphatic carbocycles. The van der Waals surface area contributed by atoms with Crippen molar-refractivity contribution in [2.24, 2.45) is 10.9 Å². The van der Waals surface area contributed by atoms with E-state index in [1.807, 2.05) is 17.5 Å². The van der Waals surface area contributed by atoms with Crippen LogP contribution in [0.4, 0.5) is 0 Å². The number of halogens is 1. The van der Waals surface area contributed by atoms with Crippen molar-refractivity contribution in [3.05, 3.63) is 22.4 Å². The molecule has 0 spiro atoms. The van der Waals surface area contributed by atoms with Crippen molar-refractivity contribution in [1.82, 2.24) is 16.0 Å². The van der Waals surface area contributed by atoms with Gasteiger partial charge in [-0.15, -0.1) is 35.3 Å². The van der Waals surface area contributed by atoms with Gasteiger partial charge in [-0.2, -0.15) is 0 Å². The van der Waals surface area contributed by atoms with Crippen LogP contribution in [0, 0.1) is 5.92 Å². The van der Waals surface area contributed by atoms with Gasteiger partial charge in [0, 0.05) is 26.7 Å². The Hall–Kier alpha value is -0.830. The number of carbonyl (C=O) groups is 1. The summed E-state index contributed by atoms with van der Waals surface area (Å²) < 4.78 is 0. The fraction of sp³-hybridized carbons (Fsp3) is 0.667. The third kappa shape index (κ3) is 8.89. The number of rotatable bonds is 9. The number of hydrogen-bond acceptors (Lipinski definition) is 3. The molecule has 1 amide bonds. The van der Waals surface area contributed by atoms with Crippen LogP contribution in [0.25, 0.3) is 0 Å². The van der Waals surface area contributed by atoms with Crippen LogP contribution in [0.3, 0.4) is 0 Å². The summed E-state index contributed by atoms with van der Waals surface area (Å²) in [5.41, 5.74) is 0. The van der Waals surface area contributed by atoms with Gasteiger partial charge in [0.25, 0.3) is 5.91 Å². The normalized spacial score (nSPS) is 14.8.